The molecule has 3 aromatic rings. The van der Waals surface area contributed by atoms with Gasteiger partial charge in [-0.1, -0.05) is 71.7 Å². The van der Waals surface area contributed by atoms with Crippen LogP contribution < -0.4 is 10.1 Å². The molecule has 0 saturated carbocycles. The molecule has 0 aromatic heterocycles. The van der Waals surface area contributed by atoms with Gasteiger partial charge < -0.3 is 15.0 Å². The van der Waals surface area contributed by atoms with Crippen molar-refractivity contribution in [3.05, 3.63) is 100 Å². The number of carbonyl (C=O) groups excluding carboxylic acids is 2. The van der Waals surface area contributed by atoms with Gasteiger partial charge in [0.15, 0.2) is 6.61 Å². The molecule has 0 radical (unpaired) electrons. The second-order valence-corrected chi connectivity index (χ2v) is 8.30. The lowest BCUT2D eigenvalue weighted by Gasteiger charge is -2.31. The summed E-state index contributed by atoms with van der Waals surface area (Å²) in [6.07, 6.45) is 0.365. The lowest BCUT2D eigenvalue weighted by atomic mass is 10.0. The molecule has 5 nitrogen and oxygen atoms in total. The summed E-state index contributed by atoms with van der Waals surface area (Å²) >= 11 is 12.3. The van der Waals surface area contributed by atoms with Crippen molar-refractivity contribution < 1.29 is 14.3 Å². The van der Waals surface area contributed by atoms with Crippen LogP contribution in [0.3, 0.4) is 0 Å². The Labute approximate surface area is 204 Å². The van der Waals surface area contributed by atoms with E-state index in [2.05, 4.69) is 5.32 Å². The van der Waals surface area contributed by atoms with E-state index in [0.717, 1.165) is 11.1 Å². The van der Waals surface area contributed by atoms with Crippen LogP contribution in [-0.4, -0.2) is 35.9 Å². The molecule has 0 fully saturated rings. The molecule has 1 atom stereocenters. The van der Waals surface area contributed by atoms with Gasteiger partial charge in [0.1, 0.15) is 11.8 Å². The summed E-state index contributed by atoms with van der Waals surface area (Å²) in [7, 11) is 0. The summed E-state index contributed by atoms with van der Waals surface area (Å²) in [4.78, 5) is 28.0. The summed E-state index contributed by atoms with van der Waals surface area (Å²) in [6.45, 7) is 2.26. The number of nitrogens with one attached hydrogen (secondary N) is 1. The maximum absolute atomic E-state index is 13.4. The fourth-order valence-electron chi connectivity index (χ4n) is 3.41. The molecule has 0 aliphatic carbocycles. The minimum absolute atomic E-state index is 0.178. The first-order chi connectivity index (χ1) is 16.0. The molecule has 3 rings (SSSR count). The van der Waals surface area contributed by atoms with Crippen molar-refractivity contribution in [1.82, 2.24) is 10.2 Å². The highest BCUT2D eigenvalue weighted by atomic mass is 35.5. The van der Waals surface area contributed by atoms with Crippen LogP contribution in [0.4, 0.5) is 0 Å². The Bertz CT molecular complexity index is 1060. The number of nitrogens with zero attached hydrogens (tertiary/aromatic N) is 1. The van der Waals surface area contributed by atoms with E-state index in [1.54, 1.807) is 30.3 Å². The average Bonchev–Trinajstić information content (AvgIpc) is 2.82. The van der Waals surface area contributed by atoms with Gasteiger partial charge in [-0.3, -0.25) is 9.59 Å². The van der Waals surface area contributed by atoms with Gasteiger partial charge >= 0.3 is 0 Å². The van der Waals surface area contributed by atoms with Crippen molar-refractivity contribution in [2.24, 2.45) is 0 Å². The number of hydrogen-bond acceptors (Lipinski definition) is 3. The van der Waals surface area contributed by atoms with Crippen LogP contribution in [0.25, 0.3) is 0 Å². The Kier molecular flexibility index (Phi) is 9.16. The third-order valence-electron chi connectivity index (χ3n) is 5.10. The zero-order valence-electron chi connectivity index (χ0n) is 18.3. The van der Waals surface area contributed by atoms with Gasteiger partial charge in [0.05, 0.1) is 0 Å². The molecular formula is C26H26Cl2N2O3. The van der Waals surface area contributed by atoms with Crippen molar-refractivity contribution in [2.75, 3.05) is 13.2 Å². The zero-order valence-corrected chi connectivity index (χ0v) is 19.9. The summed E-state index contributed by atoms with van der Waals surface area (Å²) in [5.74, 6) is -0.0339. The Morgan fingerprint density at radius 3 is 2.27 bits per heavy atom. The zero-order chi connectivity index (χ0) is 23.6. The van der Waals surface area contributed by atoms with Gasteiger partial charge in [0.25, 0.3) is 5.91 Å². The molecule has 0 bridgehead atoms. The molecule has 2 amide bonds. The molecule has 172 valence electrons. The van der Waals surface area contributed by atoms with Crippen molar-refractivity contribution >= 4 is 35.0 Å². The van der Waals surface area contributed by atoms with Crippen LogP contribution in [0.15, 0.2) is 78.9 Å². The van der Waals surface area contributed by atoms with E-state index in [4.69, 9.17) is 27.9 Å². The fraction of sp³-hybridized carbons (Fsp3) is 0.231. The third-order valence-corrected chi connectivity index (χ3v) is 5.72. The topological polar surface area (TPSA) is 58.6 Å². The molecule has 1 unspecified atom stereocenters. The maximum atomic E-state index is 13.4. The van der Waals surface area contributed by atoms with Crippen LogP contribution in [0.1, 0.15) is 18.1 Å². The molecule has 0 saturated heterocycles. The fourth-order valence-corrected chi connectivity index (χ4v) is 3.74. The number of benzene rings is 3. The smallest absolute Gasteiger partial charge is 0.261 e. The SMILES string of the molecule is CCNC(=O)C(Cc1ccccc1)N(Cc1ccccc1Cl)C(=O)COc1ccc(Cl)cc1. The van der Waals surface area contributed by atoms with E-state index in [1.807, 2.05) is 55.5 Å². The Hall–Kier alpha value is -3.02. The van der Waals surface area contributed by atoms with Crippen molar-refractivity contribution in [3.8, 4) is 5.75 Å². The first kappa shape index (κ1) is 24.6. The van der Waals surface area contributed by atoms with E-state index < -0.39 is 6.04 Å². The largest absolute Gasteiger partial charge is 0.484 e. The number of likely N-dealkylation sites (N-methyl/N-ethyl adjacent to an activating group) is 1. The number of halogens is 2. The lowest BCUT2D eigenvalue weighted by Crippen LogP contribution is -2.51. The maximum Gasteiger partial charge on any atom is 0.261 e. The van der Waals surface area contributed by atoms with Crippen LogP contribution in [0, 0.1) is 0 Å². The molecule has 7 heteroatoms. The molecule has 0 heterocycles. The first-order valence-corrected chi connectivity index (χ1v) is 11.5. The van der Waals surface area contributed by atoms with E-state index >= 15 is 0 Å². The van der Waals surface area contributed by atoms with Crippen molar-refractivity contribution in [1.29, 1.82) is 0 Å². The predicted molar refractivity (Wildman–Crippen MR) is 132 cm³/mol. The lowest BCUT2D eigenvalue weighted by molar-refractivity contribution is -0.142. The number of ether oxygens (including phenoxy) is 1. The second-order valence-electron chi connectivity index (χ2n) is 7.46. The normalized spacial score (nSPS) is 11.5. The van der Waals surface area contributed by atoms with Gasteiger partial charge in [-0.15, -0.1) is 0 Å². The number of amides is 2. The molecule has 0 aliphatic rings. The monoisotopic (exact) mass is 484 g/mol. The molecule has 3 aromatic carbocycles. The average molecular weight is 485 g/mol. The van der Waals surface area contributed by atoms with E-state index in [9.17, 15) is 9.59 Å². The van der Waals surface area contributed by atoms with E-state index in [-0.39, 0.29) is 25.0 Å². The van der Waals surface area contributed by atoms with E-state index in [0.29, 0.717) is 28.8 Å². The quantitative estimate of drug-likeness (QED) is 0.432. The predicted octanol–water partition coefficient (Wildman–Crippen LogP) is 5.15. The Morgan fingerprint density at radius 2 is 1.61 bits per heavy atom. The van der Waals surface area contributed by atoms with E-state index in [1.165, 1.54) is 4.90 Å². The Morgan fingerprint density at radius 1 is 0.939 bits per heavy atom. The molecule has 33 heavy (non-hydrogen) atoms. The summed E-state index contributed by atoms with van der Waals surface area (Å²) in [6, 6.07) is 22.9. The van der Waals surface area contributed by atoms with Gasteiger partial charge in [0.2, 0.25) is 5.91 Å². The van der Waals surface area contributed by atoms with Crippen LogP contribution in [-0.2, 0) is 22.6 Å². The third kappa shape index (κ3) is 7.24. The van der Waals surface area contributed by atoms with Gasteiger partial charge in [-0.2, -0.15) is 0 Å². The van der Waals surface area contributed by atoms with Crippen LogP contribution in [0.5, 0.6) is 5.75 Å². The standard InChI is InChI=1S/C26H26Cl2N2O3/c1-2-29-26(32)24(16-19-8-4-3-5-9-19)30(17-20-10-6-7-11-23(20)28)25(31)18-33-22-14-12-21(27)13-15-22/h3-15,24H,2,16-18H2,1H3,(H,29,32). The highest BCUT2D eigenvalue weighted by Crippen LogP contribution is 2.21. The number of hydrogen-bond donors (Lipinski definition) is 1. The Balaban J connectivity index is 1.89. The van der Waals surface area contributed by atoms with Crippen molar-refractivity contribution in [3.63, 3.8) is 0 Å². The summed E-state index contributed by atoms with van der Waals surface area (Å²) in [5.41, 5.74) is 1.70. The highest BCUT2D eigenvalue weighted by molar-refractivity contribution is 6.31. The van der Waals surface area contributed by atoms with Gasteiger partial charge in [-0.05, 0) is 48.4 Å². The van der Waals surface area contributed by atoms with Crippen LogP contribution >= 0.6 is 23.2 Å². The second kappa shape index (κ2) is 12.3. The summed E-state index contributed by atoms with van der Waals surface area (Å²) < 4.78 is 5.70. The van der Waals surface area contributed by atoms with Crippen LogP contribution in [0.2, 0.25) is 10.0 Å². The van der Waals surface area contributed by atoms with Gasteiger partial charge in [0, 0.05) is 29.6 Å². The highest BCUT2D eigenvalue weighted by Gasteiger charge is 2.30. The first-order valence-electron chi connectivity index (χ1n) is 10.7. The van der Waals surface area contributed by atoms with Crippen molar-refractivity contribution in [2.45, 2.75) is 25.9 Å². The number of rotatable bonds is 10. The van der Waals surface area contributed by atoms with Gasteiger partial charge in [-0.25, -0.2) is 0 Å². The molecule has 0 spiro atoms. The summed E-state index contributed by atoms with van der Waals surface area (Å²) in [5, 5.41) is 3.97. The molecule has 1 N–H and O–H groups in total. The number of carbonyl (C=O) groups is 2. The minimum atomic E-state index is -0.732. The molecule has 0 aliphatic heterocycles. The minimum Gasteiger partial charge on any atom is -0.484 e. The molecular weight excluding hydrogens is 459 g/mol.